The molecule has 1 amide bonds. The van der Waals surface area contributed by atoms with Gasteiger partial charge in [0.15, 0.2) is 5.96 Å². The number of carbonyl (C=O) groups excluding carboxylic acids is 1. The predicted octanol–water partition coefficient (Wildman–Crippen LogP) is 2.84. The molecule has 1 fully saturated rings. The molecule has 0 radical (unpaired) electrons. The van der Waals surface area contributed by atoms with E-state index in [1.165, 1.54) is 5.56 Å². The molecule has 0 unspecified atom stereocenters. The van der Waals surface area contributed by atoms with Crippen LogP contribution in [0.1, 0.15) is 31.1 Å². The van der Waals surface area contributed by atoms with E-state index in [0.29, 0.717) is 12.5 Å². The van der Waals surface area contributed by atoms with Crippen LogP contribution < -0.4 is 16.0 Å². The third kappa shape index (κ3) is 5.50. The van der Waals surface area contributed by atoms with Crippen LogP contribution in [0, 0.1) is 0 Å². The standard InChI is InChI=1S/C20H25ClN4O2/c1-2-22-19(24-13-18(26)23-12-17-7-4-10-27-17)25-14-20(8-9-20)15-5-3-6-16(21)11-15/h3-7,10-11H,2,8-9,12-14H2,1H3,(H,23,26)(H2,22,24,25). The molecule has 6 nitrogen and oxygen atoms in total. The van der Waals surface area contributed by atoms with Crippen molar-refractivity contribution in [3.05, 3.63) is 59.0 Å². The first-order valence-corrected chi connectivity index (χ1v) is 9.56. The molecule has 1 aromatic heterocycles. The van der Waals surface area contributed by atoms with Crippen molar-refractivity contribution in [1.29, 1.82) is 0 Å². The van der Waals surface area contributed by atoms with Crippen molar-refractivity contribution in [2.45, 2.75) is 31.7 Å². The van der Waals surface area contributed by atoms with Gasteiger partial charge in [0.2, 0.25) is 5.91 Å². The zero-order valence-electron chi connectivity index (χ0n) is 15.4. The number of guanidine groups is 1. The molecule has 1 aliphatic rings. The van der Waals surface area contributed by atoms with Gasteiger partial charge < -0.3 is 20.4 Å². The number of halogens is 1. The fourth-order valence-electron chi connectivity index (χ4n) is 2.94. The van der Waals surface area contributed by atoms with Crippen molar-refractivity contribution in [3.63, 3.8) is 0 Å². The molecular formula is C20H25ClN4O2. The number of amides is 1. The highest BCUT2D eigenvalue weighted by molar-refractivity contribution is 6.30. The first-order chi connectivity index (χ1) is 13.1. The van der Waals surface area contributed by atoms with E-state index in [1.807, 2.05) is 31.2 Å². The Morgan fingerprint density at radius 1 is 1.22 bits per heavy atom. The summed E-state index contributed by atoms with van der Waals surface area (Å²) in [5.41, 5.74) is 1.34. The highest BCUT2D eigenvalue weighted by Gasteiger charge is 2.44. The van der Waals surface area contributed by atoms with Gasteiger partial charge >= 0.3 is 0 Å². The van der Waals surface area contributed by atoms with Gasteiger partial charge in [0, 0.05) is 23.5 Å². The van der Waals surface area contributed by atoms with Gasteiger partial charge in [-0.05, 0) is 49.6 Å². The minimum Gasteiger partial charge on any atom is -0.467 e. The van der Waals surface area contributed by atoms with Crippen LogP contribution in [0.5, 0.6) is 0 Å². The lowest BCUT2D eigenvalue weighted by atomic mass is 9.96. The van der Waals surface area contributed by atoms with Crippen molar-refractivity contribution >= 4 is 23.5 Å². The van der Waals surface area contributed by atoms with Gasteiger partial charge in [0.25, 0.3) is 0 Å². The summed E-state index contributed by atoms with van der Waals surface area (Å²) in [4.78, 5) is 16.4. The van der Waals surface area contributed by atoms with Crippen LogP contribution >= 0.6 is 11.6 Å². The van der Waals surface area contributed by atoms with Gasteiger partial charge in [-0.1, -0.05) is 23.7 Å². The van der Waals surface area contributed by atoms with Crippen LogP contribution in [-0.2, 0) is 16.8 Å². The van der Waals surface area contributed by atoms with Gasteiger partial charge in [-0.15, -0.1) is 0 Å². The molecule has 1 aromatic carbocycles. The first kappa shape index (κ1) is 19.3. The summed E-state index contributed by atoms with van der Waals surface area (Å²) in [6, 6.07) is 11.6. The second-order valence-corrected chi connectivity index (χ2v) is 7.13. The minimum atomic E-state index is -0.153. The number of hydrogen-bond donors (Lipinski definition) is 3. The molecule has 0 bridgehead atoms. The fourth-order valence-corrected chi connectivity index (χ4v) is 3.13. The summed E-state index contributed by atoms with van der Waals surface area (Å²) in [7, 11) is 0. The van der Waals surface area contributed by atoms with E-state index in [0.717, 1.165) is 36.7 Å². The van der Waals surface area contributed by atoms with Crippen molar-refractivity contribution in [2.24, 2.45) is 4.99 Å². The molecule has 0 aliphatic heterocycles. The molecule has 0 saturated heterocycles. The maximum Gasteiger partial charge on any atom is 0.242 e. The molecule has 0 atom stereocenters. The number of carbonyl (C=O) groups is 1. The minimum absolute atomic E-state index is 0.0558. The number of furan rings is 1. The van der Waals surface area contributed by atoms with Crippen LogP contribution in [0.3, 0.4) is 0 Å². The van der Waals surface area contributed by atoms with Gasteiger partial charge in [-0.2, -0.15) is 0 Å². The zero-order chi connectivity index (χ0) is 19.1. The van der Waals surface area contributed by atoms with E-state index < -0.39 is 0 Å². The SMILES string of the molecule is CCNC(=NCC(=O)NCc1ccco1)NCC1(c2cccc(Cl)c2)CC1. The van der Waals surface area contributed by atoms with E-state index in [2.05, 4.69) is 27.0 Å². The van der Waals surface area contributed by atoms with Crippen molar-refractivity contribution in [1.82, 2.24) is 16.0 Å². The van der Waals surface area contributed by atoms with E-state index in [4.69, 9.17) is 16.0 Å². The van der Waals surface area contributed by atoms with Crippen LogP contribution in [0.2, 0.25) is 5.02 Å². The topological polar surface area (TPSA) is 78.7 Å². The molecule has 0 spiro atoms. The molecule has 7 heteroatoms. The average Bonchev–Trinajstić information content (AvgIpc) is 3.28. The van der Waals surface area contributed by atoms with Gasteiger partial charge in [0.1, 0.15) is 12.3 Å². The third-order valence-electron chi connectivity index (χ3n) is 4.65. The van der Waals surface area contributed by atoms with Gasteiger partial charge in [0.05, 0.1) is 12.8 Å². The van der Waals surface area contributed by atoms with Crippen LogP contribution in [0.4, 0.5) is 0 Å². The fraction of sp³-hybridized carbons (Fsp3) is 0.400. The maximum absolute atomic E-state index is 12.0. The molecule has 1 heterocycles. The maximum atomic E-state index is 12.0. The molecule has 27 heavy (non-hydrogen) atoms. The monoisotopic (exact) mass is 388 g/mol. The molecule has 2 aromatic rings. The van der Waals surface area contributed by atoms with Crippen LogP contribution in [0.15, 0.2) is 52.1 Å². The van der Waals surface area contributed by atoms with E-state index >= 15 is 0 Å². The lowest BCUT2D eigenvalue weighted by Gasteiger charge is -2.19. The molecular weight excluding hydrogens is 364 g/mol. The second kappa shape index (κ2) is 8.95. The van der Waals surface area contributed by atoms with E-state index in [9.17, 15) is 4.79 Å². The van der Waals surface area contributed by atoms with Crippen molar-refractivity contribution in [2.75, 3.05) is 19.6 Å². The third-order valence-corrected chi connectivity index (χ3v) is 4.88. The molecule has 3 rings (SSSR count). The van der Waals surface area contributed by atoms with Crippen LogP contribution in [-0.4, -0.2) is 31.5 Å². The Labute approximate surface area is 164 Å². The molecule has 1 saturated carbocycles. The van der Waals surface area contributed by atoms with Gasteiger partial charge in [-0.25, -0.2) is 4.99 Å². The second-order valence-electron chi connectivity index (χ2n) is 6.70. The van der Waals surface area contributed by atoms with E-state index in [-0.39, 0.29) is 17.9 Å². The first-order valence-electron chi connectivity index (χ1n) is 9.19. The number of nitrogens with zero attached hydrogens (tertiary/aromatic N) is 1. The largest absolute Gasteiger partial charge is 0.467 e. The Morgan fingerprint density at radius 2 is 2.07 bits per heavy atom. The Morgan fingerprint density at radius 3 is 2.74 bits per heavy atom. The number of aliphatic imine (C=N–C) groups is 1. The summed E-state index contributed by atoms with van der Waals surface area (Å²) in [6.07, 6.45) is 3.81. The summed E-state index contributed by atoms with van der Waals surface area (Å²) in [5.74, 6) is 1.20. The Hall–Kier alpha value is -2.47. The Kier molecular flexibility index (Phi) is 6.40. The lowest BCUT2D eigenvalue weighted by Crippen LogP contribution is -2.42. The predicted molar refractivity (Wildman–Crippen MR) is 107 cm³/mol. The highest BCUT2D eigenvalue weighted by atomic mass is 35.5. The molecule has 144 valence electrons. The quantitative estimate of drug-likeness (QED) is 0.480. The number of hydrogen-bond acceptors (Lipinski definition) is 3. The summed E-state index contributed by atoms with van der Waals surface area (Å²) in [6.45, 7) is 3.90. The van der Waals surface area contributed by atoms with Gasteiger partial charge in [-0.3, -0.25) is 4.79 Å². The molecule has 1 aliphatic carbocycles. The van der Waals surface area contributed by atoms with Crippen molar-refractivity contribution in [3.8, 4) is 0 Å². The number of benzene rings is 1. The lowest BCUT2D eigenvalue weighted by molar-refractivity contribution is -0.119. The number of rotatable bonds is 8. The van der Waals surface area contributed by atoms with Crippen LogP contribution in [0.25, 0.3) is 0 Å². The summed E-state index contributed by atoms with van der Waals surface area (Å²) >= 11 is 6.13. The Balaban J connectivity index is 1.52. The smallest absolute Gasteiger partial charge is 0.242 e. The zero-order valence-corrected chi connectivity index (χ0v) is 16.2. The number of nitrogens with one attached hydrogen (secondary N) is 3. The summed E-state index contributed by atoms with van der Waals surface area (Å²) < 4.78 is 5.20. The highest BCUT2D eigenvalue weighted by Crippen LogP contribution is 2.48. The average molecular weight is 389 g/mol. The normalized spacial score (nSPS) is 15.3. The molecule has 3 N–H and O–H groups in total. The Bertz CT molecular complexity index is 785. The summed E-state index contributed by atoms with van der Waals surface area (Å²) in [5, 5.41) is 10.1. The van der Waals surface area contributed by atoms with E-state index in [1.54, 1.807) is 12.3 Å². The van der Waals surface area contributed by atoms with Crippen molar-refractivity contribution < 1.29 is 9.21 Å².